The van der Waals surface area contributed by atoms with E-state index in [1.54, 1.807) is 6.07 Å². The highest BCUT2D eigenvalue weighted by atomic mass is 19.1. The van der Waals surface area contributed by atoms with Crippen molar-refractivity contribution in [3.05, 3.63) is 88.6 Å². The first kappa shape index (κ1) is 27.7. The lowest BCUT2D eigenvalue weighted by Crippen LogP contribution is -2.37. The monoisotopic (exact) mass is 558 g/mol. The molecule has 6 rings (SSSR count). The number of ether oxygens (including phenoxy) is 1. The van der Waals surface area contributed by atoms with E-state index in [9.17, 15) is 9.18 Å². The van der Waals surface area contributed by atoms with Crippen LogP contribution in [0, 0.1) is 12.7 Å². The maximum Gasteiger partial charge on any atom is 0.256 e. The highest BCUT2D eigenvalue weighted by Crippen LogP contribution is 2.35. The van der Waals surface area contributed by atoms with E-state index >= 15 is 0 Å². The molecule has 4 aromatic rings. The van der Waals surface area contributed by atoms with Gasteiger partial charge in [0.05, 0.1) is 23.1 Å². The molecule has 0 aliphatic carbocycles. The Balaban J connectivity index is 1.08. The molecular formula is C33H39FN4O3. The maximum atomic E-state index is 13.9. The minimum absolute atomic E-state index is 0.0931. The summed E-state index contributed by atoms with van der Waals surface area (Å²) in [5, 5.41) is 5.20. The fraction of sp³-hybridized carbons (Fsp3) is 0.455. The molecule has 2 aliphatic rings. The highest BCUT2D eigenvalue weighted by molar-refractivity contribution is 5.97. The van der Waals surface area contributed by atoms with Gasteiger partial charge in [-0.15, -0.1) is 0 Å². The van der Waals surface area contributed by atoms with Gasteiger partial charge in [-0.2, -0.15) is 0 Å². The zero-order valence-corrected chi connectivity index (χ0v) is 24.0. The van der Waals surface area contributed by atoms with Crippen molar-refractivity contribution in [1.82, 2.24) is 19.5 Å². The van der Waals surface area contributed by atoms with Crippen molar-refractivity contribution in [2.24, 2.45) is 0 Å². The Kier molecular flexibility index (Phi) is 8.21. The fourth-order valence-electron chi connectivity index (χ4n) is 6.64. The van der Waals surface area contributed by atoms with Crippen molar-refractivity contribution in [3.63, 3.8) is 0 Å². The molecule has 1 fully saturated rings. The Morgan fingerprint density at radius 3 is 2.63 bits per heavy atom. The Bertz CT molecular complexity index is 1490. The molecule has 0 N–H and O–H groups in total. The van der Waals surface area contributed by atoms with Crippen molar-refractivity contribution in [1.29, 1.82) is 0 Å². The molecule has 0 saturated carbocycles. The average Bonchev–Trinajstić information content (AvgIpc) is 3.50. The summed E-state index contributed by atoms with van der Waals surface area (Å²) < 4.78 is 27.4. The van der Waals surface area contributed by atoms with Crippen molar-refractivity contribution in [3.8, 4) is 0 Å². The summed E-state index contributed by atoms with van der Waals surface area (Å²) >= 11 is 0. The van der Waals surface area contributed by atoms with E-state index in [1.165, 1.54) is 17.7 Å². The van der Waals surface area contributed by atoms with Crippen molar-refractivity contribution >= 4 is 16.9 Å². The van der Waals surface area contributed by atoms with Crippen LogP contribution < -0.4 is 0 Å². The van der Waals surface area contributed by atoms with E-state index in [4.69, 9.17) is 9.26 Å². The van der Waals surface area contributed by atoms with Gasteiger partial charge in [-0.1, -0.05) is 35.5 Å². The number of aromatic nitrogens is 2. The lowest BCUT2D eigenvalue weighted by molar-refractivity contribution is 0.0458. The molecule has 1 amide bonds. The molecule has 2 aromatic heterocycles. The Morgan fingerprint density at radius 1 is 1.05 bits per heavy atom. The van der Waals surface area contributed by atoms with Crippen LogP contribution in [0.4, 0.5) is 4.39 Å². The van der Waals surface area contributed by atoms with Crippen LogP contribution in [0.2, 0.25) is 0 Å². The molecule has 216 valence electrons. The predicted molar refractivity (Wildman–Crippen MR) is 157 cm³/mol. The number of rotatable bonds is 9. The highest BCUT2D eigenvalue weighted by Gasteiger charge is 2.33. The zero-order valence-electron chi connectivity index (χ0n) is 24.0. The molecule has 0 spiro atoms. The average molecular weight is 559 g/mol. The van der Waals surface area contributed by atoms with Crippen molar-refractivity contribution in [2.45, 2.75) is 58.1 Å². The summed E-state index contributed by atoms with van der Waals surface area (Å²) in [5.74, 6) is 0.143. The summed E-state index contributed by atoms with van der Waals surface area (Å²) in [6.45, 7) is 9.76. The van der Waals surface area contributed by atoms with Crippen LogP contribution in [0.3, 0.4) is 0 Å². The first-order chi connectivity index (χ1) is 20.0. The minimum atomic E-state index is -0.303. The van der Waals surface area contributed by atoms with E-state index < -0.39 is 0 Å². The van der Waals surface area contributed by atoms with Crippen LogP contribution in [0.1, 0.15) is 77.5 Å². The number of carbonyl (C=O) groups excluding carboxylic acids is 1. The molecule has 1 unspecified atom stereocenters. The Hall–Kier alpha value is -3.49. The second-order valence-corrected chi connectivity index (χ2v) is 11.4. The van der Waals surface area contributed by atoms with Crippen LogP contribution in [0.25, 0.3) is 11.0 Å². The molecule has 2 aliphatic heterocycles. The lowest BCUT2D eigenvalue weighted by Gasteiger charge is -2.32. The second-order valence-electron chi connectivity index (χ2n) is 11.4. The van der Waals surface area contributed by atoms with Gasteiger partial charge in [0.2, 0.25) is 0 Å². The number of hydrogen-bond acceptors (Lipinski definition) is 5. The normalized spacial score (nSPS) is 18.7. The van der Waals surface area contributed by atoms with Crippen molar-refractivity contribution in [2.75, 3.05) is 39.3 Å². The number of aryl methyl sites for hydroxylation is 1. The number of likely N-dealkylation sites (tertiary alicyclic amines) is 1. The van der Waals surface area contributed by atoms with Crippen LogP contribution in [-0.4, -0.2) is 64.8 Å². The number of hydrogen-bond donors (Lipinski definition) is 0. The second kappa shape index (κ2) is 12.2. The standard InChI is InChI=1S/C33H39FN4O3/c1-3-40-28-14-19-37(33(39)30-23(2)21-38(32(28)30)22-24-8-5-4-6-9-24)16-7-15-36-17-12-25(13-18-36)31-27-11-10-26(34)20-29(27)41-35-31/h4-6,8-11,20-21,25,28H,3,7,12-19,22H2,1-2H3. The summed E-state index contributed by atoms with van der Waals surface area (Å²) in [5.41, 5.74) is 5.53. The van der Waals surface area contributed by atoms with Gasteiger partial charge in [-0.3, -0.25) is 4.79 Å². The predicted octanol–water partition coefficient (Wildman–Crippen LogP) is 6.32. The van der Waals surface area contributed by atoms with Gasteiger partial charge in [0, 0.05) is 49.8 Å². The third-order valence-corrected chi connectivity index (χ3v) is 8.68. The fourth-order valence-corrected chi connectivity index (χ4v) is 6.64. The van der Waals surface area contributed by atoms with Gasteiger partial charge in [0.15, 0.2) is 5.58 Å². The summed E-state index contributed by atoms with van der Waals surface area (Å²) in [6, 6.07) is 15.0. The van der Waals surface area contributed by atoms with E-state index in [2.05, 4.69) is 45.1 Å². The molecule has 41 heavy (non-hydrogen) atoms. The van der Waals surface area contributed by atoms with Crippen molar-refractivity contribution < 1.29 is 18.4 Å². The van der Waals surface area contributed by atoms with Crippen LogP contribution in [0.5, 0.6) is 0 Å². The molecule has 4 heterocycles. The largest absolute Gasteiger partial charge is 0.372 e. The molecule has 1 saturated heterocycles. The number of halogens is 1. The number of amides is 1. The van der Waals surface area contributed by atoms with Crippen LogP contribution in [0.15, 0.2) is 59.3 Å². The zero-order chi connectivity index (χ0) is 28.3. The third-order valence-electron chi connectivity index (χ3n) is 8.68. The van der Waals surface area contributed by atoms with E-state index in [1.807, 2.05) is 24.8 Å². The van der Waals surface area contributed by atoms with Gasteiger partial charge in [0.25, 0.3) is 5.91 Å². The molecule has 2 aromatic carbocycles. The topological polar surface area (TPSA) is 63.7 Å². The summed E-state index contributed by atoms with van der Waals surface area (Å²) in [7, 11) is 0. The summed E-state index contributed by atoms with van der Waals surface area (Å²) in [4.78, 5) is 18.4. The minimum Gasteiger partial charge on any atom is -0.372 e. The number of benzene rings is 2. The number of carbonyl (C=O) groups is 1. The van der Waals surface area contributed by atoms with Gasteiger partial charge >= 0.3 is 0 Å². The number of piperidine rings is 1. The first-order valence-corrected chi connectivity index (χ1v) is 14.9. The molecule has 0 radical (unpaired) electrons. The third kappa shape index (κ3) is 5.81. The Morgan fingerprint density at radius 2 is 1.85 bits per heavy atom. The van der Waals surface area contributed by atoms with E-state index in [-0.39, 0.29) is 17.8 Å². The van der Waals surface area contributed by atoms with Crippen LogP contribution in [-0.2, 0) is 11.3 Å². The molecular weight excluding hydrogens is 519 g/mol. The van der Waals surface area contributed by atoms with Gasteiger partial charge in [-0.05, 0) is 82.4 Å². The number of fused-ring (bicyclic) bond motifs is 2. The molecule has 0 bridgehead atoms. The quantitative estimate of drug-likeness (QED) is 0.241. The summed E-state index contributed by atoms with van der Waals surface area (Å²) in [6.07, 6.45) is 5.74. The maximum absolute atomic E-state index is 13.9. The smallest absolute Gasteiger partial charge is 0.256 e. The molecule has 1 atom stereocenters. The number of nitrogens with zero attached hydrogens (tertiary/aromatic N) is 4. The Labute approximate surface area is 240 Å². The van der Waals surface area contributed by atoms with E-state index in [0.29, 0.717) is 24.7 Å². The lowest BCUT2D eigenvalue weighted by atomic mass is 9.91. The molecule has 8 heteroatoms. The van der Waals surface area contributed by atoms with Crippen LogP contribution >= 0.6 is 0 Å². The first-order valence-electron chi connectivity index (χ1n) is 14.9. The van der Waals surface area contributed by atoms with Gasteiger partial charge < -0.3 is 23.6 Å². The molecule has 7 nitrogen and oxygen atoms in total. The van der Waals surface area contributed by atoms with Gasteiger partial charge in [-0.25, -0.2) is 4.39 Å². The van der Waals surface area contributed by atoms with E-state index in [0.717, 1.165) is 86.3 Å². The SMILES string of the molecule is CCOC1CCN(CCCN2CCC(c3noc4cc(F)ccc34)CC2)C(=O)c2c(C)cn(Cc3ccccc3)c21. The van der Waals surface area contributed by atoms with Gasteiger partial charge in [0.1, 0.15) is 5.82 Å².